The molecule has 0 rings (SSSR count). The lowest BCUT2D eigenvalue weighted by atomic mass is 10.1. The van der Waals surface area contributed by atoms with Gasteiger partial charge in [-0.15, -0.1) is 0 Å². The number of carbonyl (C=O) groups excluding carboxylic acids is 2. The van der Waals surface area contributed by atoms with Crippen LogP contribution < -0.4 is 5.32 Å². The third-order valence-electron chi connectivity index (χ3n) is 6.56. The van der Waals surface area contributed by atoms with Gasteiger partial charge >= 0.3 is 11.9 Å². The Balaban J connectivity index is 4.22. The first-order valence-corrected chi connectivity index (χ1v) is 15.5. The summed E-state index contributed by atoms with van der Waals surface area (Å²) in [6.07, 6.45) is 30.2. The molecule has 0 bridgehead atoms. The summed E-state index contributed by atoms with van der Waals surface area (Å²) in [5.74, 6) is -1.34. The van der Waals surface area contributed by atoms with E-state index in [0.717, 1.165) is 57.8 Å². The number of carboxylic acids is 1. The molecular formula is C32H57NO5. The zero-order valence-corrected chi connectivity index (χ0v) is 24.5. The Labute approximate surface area is 233 Å². The fourth-order valence-electron chi connectivity index (χ4n) is 4.25. The average Bonchev–Trinajstić information content (AvgIpc) is 2.89. The number of esters is 1. The van der Waals surface area contributed by atoms with Gasteiger partial charge in [-0.2, -0.15) is 0 Å². The maximum atomic E-state index is 12.5. The zero-order valence-electron chi connectivity index (χ0n) is 24.5. The molecule has 6 heteroatoms. The number of ether oxygens (including phenoxy) is 1. The normalized spacial score (nSPS) is 12.3. The Morgan fingerprint density at radius 2 is 1.26 bits per heavy atom. The number of hydrogen-bond acceptors (Lipinski definition) is 4. The molecule has 6 nitrogen and oxygen atoms in total. The molecule has 0 heterocycles. The number of carbonyl (C=O) groups is 3. The first-order chi connectivity index (χ1) is 18.5. The second-order valence-corrected chi connectivity index (χ2v) is 10.3. The lowest BCUT2D eigenvalue weighted by Crippen LogP contribution is -2.28. The van der Waals surface area contributed by atoms with Crippen molar-refractivity contribution in [2.75, 3.05) is 6.54 Å². The van der Waals surface area contributed by atoms with E-state index in [2.05, 4.69) is 43.5 Å². The van der Waals surface area contributed by atoms with Gasteiger partial charge in [0.1, 0.15) is 12.6 Å². The van der Waals surface area contributed by atoms with Gasteiger partial charge in [0.2, 0.25) is 5.91 Å². The SMILES string of the molecule is CCC/C=C\CCCCCCCC(=O)OC(/C=C\CCCCCCC)CCCCCCC(=O)NCC(=O)O. The summed E-state index contributed by atoms with van der Waals surface area (Å²) in [5.41, 5.74) is 0. The van der Waals surface area contributed by atoms with E-state index in [4.69, 9.17) is 9.84 Å². The van der Waals surface area contributed by atoms with Crippen molar-refractivity contribution in [3.8, 4) is 0 Å². The molecule has 0 aliphatic carbocycles. The molecule has 0 saturated heterocycles. The van der Waals surface area contributed by atoms with E-state index in [1.54, 1.807) is 0 Å². The van der Waals surface area contributed by atoms with Crippen molar-refractivity contribution < 1.29 is 24.2 Å². The number of rotatable bonds is 27. The van der Waals surface area contributed by atoms with Crippen molar-refractivity contribution >= 4 is 17.8 Å². The fourth-order valence-corrected chi connectivity index (χ4v) is 4.25. The maximum Gasteiger partial charge on any atom is 0.322 e. The van der Waals surface area contributed by atoms with Gasteiger partial charge in [-0.3, -0.25) is 14.4 Å². The predicted octanol–water partition coefficient (Wildman–Crippen LogP) is 8.44. The molecule has 1 atom stereocenters. The van der Waals surface area contributed by atoms with Gasteiger partial charge in [0.05, 0.1) is 0 Å². The highest BCUT2D eigenvalue weighted by Crippen LogP contribution is 2.15. The van der Waals surface area contributed by atoms with E-state index in [1.165, 1.54) is 64.2 Å². The first-order valence-electron chi connectivity index (χ1n) is 15.5. The van der Waals surface area contributed by atoms with Gasteiger partial charge in [-0.05, 0) is 63.9 Å². The van der Waals surface area contributed by atoms with Crippen molar-refractivity contribution in [2.24, 2.45) is 0 Å². The van der Waals surface area contributed by atoms with Crippen LogP contribution in [0.5, 0.6) is 0 Å². The first kappa shape index (κ1) is 35.9. The van der Waals surface area contributed by atoms with Crippen LogP contribution in [-0.4, -0.2) is 35.6 Å². The Hall–Kier alpha value is -2.11. The van der Waals surface area contributed by atoms with E-state index in [9.17, 15) is 14.4 Å². The van der Waals surface area contributed by atoms with Crippen LogP contribution in [0.15, 0.2) is 24.3 Å². The summed E-state index contributed by atoms with van der Waals surface area (Å²) in [6, 6.07) is 0. The fraction of sp³-hybridized carbons (Fsp3) is 0.781. The second kappa shape index (κ2) is 27.9. The van der Waals surface area contributed by atoms with Crippen molar-refractivity contribution in [1.29, 1.82) is 0 Å². The summed E-state index contributed by atoms with van der Waals surface area (Å²) >= 11 is 0. The van der Waals surface area contributed by atoms with Gasteiger partial charge < -0.3 is 15.2 Å². The lowest BCUT2D eigenvalue weighted by Gasteiger charge is -2.15. The summed E-state index contributed by atoms with van der Waals surface area (Å²) in [7, 11) is 0. The second-order valence-electron chi connectivity index (χ2n) is 10.3. The van der Waals surface area contributed by atoms with Crippen LogP contribution in [0.1, 0.15) is 149 Å². The zero-order chi connectivity index (χ0) is 28.1. The third-order valence-corrected chi connectivity index (χ3v) is 6.56. The van der Waals surface area contributed by atoms with E-state index >= 15 is 0 Å². The van der Waals surface area contributed by atoms with E-state index in [0.29, 0.717) is 12.8 Å². The van der Waals surface area contributed by atoms with Gasteiger partial charge in [-0.1, -0.05) is 96.3 Å². The van der Waals surface area contributed by atoms with Gasteiger partial charge in [0.25, 0.3) is 0 Å². The average molecular weight is 536 g/mol. The number of hydrogen-bond donors (Lipinski definition) is 2. The number of amides is 1. The largest absolute Gasteiger partial charge is 0.480 e. The molecule has 0 aliphatic heterocycles. The molecule has 0 aromatic heterocycles. The van der Waals surface area contributed by atoms with Crippen molar-refractivity contribution in [3.63, 3.8) is 0 Å². The van der Waals surface area contributed by atoms with E-state index in [1.807, 2.05) is 0 Å². The highest BCUT2D eigenvalue weighted by Gasteiger charge is 2.12. The van der Waals surface area contributed by atoms with Crippen molar-refractivity contribution in [1.82, 2.24) is 5.32 Å². The third kappa shape index (κ3) is 26.9. The van der Waals surface area contributed by atoms with Gasteiger partial charge in [0, 0.05) is 12.8 Å². The van der Waals surface area contributed by atoms with Gasteiger partial charge in [-0.25, -0.2) is 0 Å². The monoisotopic (exact) mass is 535 g/mol. The standard InChI is InChI=1S/C32H57NO5/c1-3-5-7-9-11-12-13-15-17-23-27-32(37)38-29(24-20-16-14-10-8-6-4-2)25-21-18-19-22-26-30(34)33-28-31(35)36/h7,9,20,24,29H,3-6,8,10-19,21-23,25-28H2,1-2H3,(H,33,34)(H,35,36)/b9-7-,24-20-. The molecule has 1 unspecified atom stereocenters. The molecule has 220 valence electrons. The molecule has 0 spiro atoms. The van der Waals surface area contributed by atoms with Crippen LogP contribution in [0.4, 0.5) is 0 Å². The Bertz CT molecular complexity index is 644. The van der Waals surface area contributed by atoms with E-state index in [-0.39, 0.29) is 24.5 Å². The molecule has 0 fully saturated rings. The van der Waals surface area contributed by atoms with Crippen LogP contribution in [0, 0.1) is 0 Å². The topological polar surface area (TPSA) is 92.7 Å². The number of nitrogens with one attached hydrogen (secondary N) is 1. The minimum Gasteiger partial charge on any atom is -0.480 e. The smallest absolute Gasteiger partial charge is 0.322 e. The van der Waals surface area contributed by atoms with Crippen LogP contribution >= 0.6 is 0 Å². The highest BCUT2D eigenvalue weighted by atomic mass is 16.5. The van der Waals surface area contributed by atoms with Crippen molar-refractivity contribution in [2.45, 2.75) is 155 Å². The Kier molecular flexibility index (Phi) is 26.4. The summed E-state index contributed by atoms with van der Waals surface area (Å²) in [6.45, 7) is 4.09. The number of unbranched alkanes of at least 4 members (excludes halogenated alkanes) is 14. The molecule has 0 aliphatic rings. The Morgan fingerprint density at radius 1 is 0.684 bits per heavy atom. The van der Waals surface area contributed by atoms with E-state index < -0.39 is 5.97 Å². The number of carboxylic acid groups (broad SMARTS) is 1. The molecular weight excluding hydrogens is 478 g/mol. The predicted molar refractivity (Wildman–Crippen MR) is 157 cm³/mol. The van der Waals surface area contributed by atoms with Crippen LogP contribution in [-0.2, 0) is 19.1 Å². The summed E-state index contributed by atoms with van der Waals surface area (Å²) in [5, 5.41) is 11.0. The molecule has 0 saturated carbocycles. The molecule has 0 aromatic rings. The molecule has 0 radical (unpaired) electrons. The number of aliphatic carboxylic acids is 1. The highest BCUT2D eigenvalue weighted by molar-refractivity contribution is 5.80. The molecule has 38 heavy (non-hydrogen) atoms. The van der Waals surface area contributed by atoms with Gasteiger partial charge in [0.15, 0.2) is 0 Å². The minimum atomic E-state index is -1.03. The molecule has 0 aromatic carbocycles. The quantitative estimate of drug-likeness (QED) is 0.0625. The lowest BCUT2D eigenvalue weighted by molar-refractivity contribution is -0.147. The minimum absolute atomic E-state index is 0.0970. The summed E-state index contributed by atoms with van der Waals surface area (Å²) < 4.78 is 5.82. The van der Waals surface area contributed by atoms with Crippen molar-refractivity contribution in [3.05, 3.63) is 24.3 Å². The van der Waals surface area contributed by atoms with Crippen LogP contribution in [0.3, 0.4) is 0 Å². The van der Waals surface area contributed by atoms with Crippen LogP contribution in [0.2, 0.25) is 0 Å². The number of allylic oxidation sites excluding steroid dienone is 3. The molecule has 2 N–H and O–H groups in total. The summed E-state index contributed by atoms with van der Waals surface area (Å²) in [4.78, 5) is 34.6. The van der Waals surface area contributed by atoms with Crippen LogP contribution in [0.25, 0.3) is 0 Å². The Morgan fingerprint density at radius 3 is 1.95 bits per heavy atom. The molecule has 1 amide bonds. The maximum absolute atomic E-state index is 12.5.